The molecular formula is C30H48O4. The molecule has 4 saturated carbocycles. The third kappa shape index (κ3) is 2.88. The molecule has 192 valence electrons. The predicted octanol–water partition coefficient (Wildman–Crippen LogP) is 6.06. The summed E-state index contributed by atoms with van der Waals surface area (Å²) >= 11 is 0. The van der Waals surface area contributed by atoms with Gasteiger partial charge in [0.15, 0.2) is 0 Å². The lowest BCUT2D eigenvalue weighted by Gasteiger charge is -2.71. The van der Waals surface area contributed by atoms with Crippen LogP contribution in [0.2, 0.25) is 0 Å². The molecule has 0 radical (unpaired) electrons. The summed E-state index contributed by atoms with van der Waals surface area (Å²) < 4.78 is 0. The van der Waals surface area contributed by atoms with Crippen molar-refractivity contribution in [3.63, 3.8) is 0 Å². The predicted molar refractivity (Wildman–Crippen MR) is 134 cm³/mol. The zero-order valence-electron chi connectivity index (χ0n) is 22.4. The van der Waals surface area contributed by atoms with Gasteiger partial charge in [-0.25, -0.2) is 0 Å². The SMILES string of the molecule is C[C@H]1[C@H](C)CC[C@]2(C(=O)O)CC[C@]3(C)C(=CC[C@@H]4[C@@]5(C)C[C@H](O)CC(C)(CO)C5CC[C@]43C)[C@H]12. The van der Waals surface area contributed by atoms with Crippen molar-refractivity contribution in [1.29, 1.82) is 0 Å². The van der Waals surface area contributed by atoms with E-state index in [0.717, 1.165) is 51.4 Å². The molecule has 34 heavy (non-hydrogen) atoms. The Kier molecular flexibility index (Phi) is 5.52. The first-order valence-electron chi connectivity index (χ1n) is 14.0. The maximum Gasteiger partial charge on any atom is 0.310 e. The van der Waals surface area contributed by atoms with Crippen molar-refractivity contribution in [3.05, 3.63) is 11.6 Å². The van der Waals surface area contributed by atoms with Crippen molar-refractivity contribution in [2.45, 2.75) is 105 Å². The molecule has 4 nitrogen and oxygen atoms in total. The van der Waals surface area contributed by atoms with Crippen LogP contribution in [0.25, 0.3) is 0 Å². The number of rotatable bonds is 2. The Bertz CT molecular complexity index is 896. The van der Waals surface area contributed by atoms with E-state index in [2.05, 4.69) is 47.6 Å². The minimum atomic E-state index is -0.599. The van der Waals surface area contributed by atoms with E-state index in [1.54, 1.807) is 0 Å². The third-order valence-corrected chi connectivity index (χ3v) is 13.3. The second-order valence-corrected chi connectivity index (χ2v) is 14.5. The lowest BCUT2D eigenvalue weighted by atomic mass is 9.33. The Labute approximate surface area is 206 Å². The number of allylic oxidation sites excluding steroid dienone is 2. The molecule has 0 aromatic carbocycles. The number of aliphatic carboxylic acids is 1. The zero-order valence-corrected chi connectivity index (χ0v) is 22.4. The largest absolute Gasteiger partial charge is 0.481 e. The van der Waals surface area contributed by atoms with Gasteiger partial charge < -0.3 is 15.3 Å². The summed E-state index contributed by atoms with van der Waals surface area (Å²) in [6.45, 7) is 14.4. The molecule has 0 aromatic rings. The van der Waals surface area contributed by atoms with Crippen molar-refractivity contribution in [1.82, 2.24) is 0 Å². The summed E-state index contributed by atoms with van der Waals surface area (Å²) in [4.78, 5) is 12.8. The summed E-state index contributed by atoms with van der Waals surface area (Å²) in [5, 5.41) is 31.9. The van der Waals surface area contributed by atoms with Crippen LogP contribution in [0.1, 0.15) is 99.3 Å². The molecule has 5 aliphatic rings. The molecule has 0 amide bonds. The number of hydrogen-bond acceptors (Lipinski definition) is 3. The van der Waals surface area contributed by atoms with Crippen LogP contribution in [0.5, 0.6) is 0 Å². The average Bonchev–Trinajstić information content (AvgIpc) is 2.75. The van der Waals surface area contributed by atoms with Crippen molar-refractivity contribution >= 4 is 5.97 Å². The summed E-state index contributed by atoms with van der Waals surface area (Å²) in [7, 11) is 0. The molecular weight excluding hydrogens is 424 g/mol. The van der Waals surface area contributed by atoms with Gasteiger partial charge in [-0.1, -0.05) is 53.2 Å². The van der Waals surface area contributed by atoms with Gasteiger partial charge >= 0.3 is 5.97 Å². The Balaban J connectivity index is 1.62. The molecule has 11 atom stereocenters. The van der Waals surface area contributed by atoms with Crippen LogP contribution in [0, 0.1) is 56.7 Å². The molecule has 3 N–H and O–H groups in total. The summed E-state index contributed by atoms with van der Waals surface area (Å²) in [6, 6.07) is 0. The summed E-state index contributed by atoms with van der Waals surface area (Å²) in [5.41, 5.74) is 0.703. The standard InChI is InChI=1S/C30H48O4/c1-18-9-12-30(25(33)34)14-13-28(5)21(24(30)19(18)2)7-8-23-27(4)16-20(32)15-26(3,17-31)22(27)10-11-29(23,28)6/h7,18-20,22-24,31-32H,8-17H2,1-6H3,(H,33,34)/t18-,19+,20-,22?,23-,24+,26?,27+,28-,29-,30+/m1/s1. The van der Waals surface area contributed by atoms with E-state index < -0.39 is 11.4 Å². The fourth-order valence-electron chi connectivity index (χ4n) is 11.1. The second kappa shape index (κ2) is 7.57. The maximum absolute atomic E-state index is 12.8. The molecule has 5 aliphatic carbocycles. The highest BCUT2D eigenvalue weighted by Crippen LogP contribution is 2.75. The molecule has 4 heteroatoms. The lowest BCUT2D eigenvalue weighted by molar-refractivity contribution is -0.210. The number of aliphatic hydroxyl groups excluding tert-OH is 2. The Hall–Kier alpha value is -0.870. The molecule has 5 rings (SSSR count). The fraction of sp³-hybridized carbons (Fsp3) is 0.900. The van der Waals surface area contributed by atoms with E-state index in [0.29, 0.717) is 30.1 Å². The highest BCUT2D eigenvalue weighted by atomic mass is 16.4. The molecule has 0 heterocycles. The lowest BCUT2D eigenvalue weighted by Crippen LogP contribution is -2.65. The number of carbonyl (C=O) groups is 1. The van der Waals surface area contributed by atoms with Crippen molar-refractivity contribution < 1.29 is 20.1 Å². The minimum Gasteiger partial charge on any atom is -0.481 e. The molecule has 0 saturated heterocycles. The first kappa shape index (κ1) is 24.8. The smallest absolute Gasteiger partial charge is 0.310 e. The Morgan fingerprint density at radius 2 is 1.71 bits per heavy atom. The summed E-state index contributed by atoms with van der Waals surface area (Å²) in [5.74, 6) is 1.37. The first-order valence-corrected chi connectivity index (χ1v) is 14.0. The monoisotopic (exact) mass is 472 g/mol. The molecule has 0 aliphatic heterocycles. The van der Waals surface area contributed by atoms with Crippen LogP contribution >= 0.6 is 0 Å². The molecule has 0 bridgehead atoms. The number of aliphatic hydroxyl groups is 2. The Morgan fingerprint density at radius 3 is 2.35 bits per heavy atom. The maximum atomic E-state index is 12.8. The van der Waals surface area contributed by atoms with Crippen LogP contribution < -0.4 is 0 Å². The van der Waals surface area contributed by atoms with Gasteiger partial charge in [-0.2, -0.15) is 0 Å². The van der Waals surface area contributed by atoms with Crippen LogP contribution in [0.15, 0.2) is 11.6 Å². The van der Waals surface area contributed by atoms with Gasteiger partial charge in [-0.05, 0) is 109 Å². The fourth-order valence-corrected chi connectivity index (χ4v) is 11.1. The quantitative estimate of drug-likeness (QED) is 0.427. The number of hydrogen-bond donors (Lipinski definition) is 3. The van der Waals surface area contributed by atoms with Crippen LogP contribution in [0.4, 0.5) is 0 Å². The van der Waals surface area contributed by atoms with E-state index in [1.165, 1.54) is 5.57 Å². The second-order valence-electron chi connectivity index (χ2n) is 14.5. The van der Waals surface area contributed by atoms with Crippen molar-refractivity contribution in [2.24, 2.45) is 56.7 Å². The summed E-state index contributed by atoms with van der Waals surface area (Å²) in [6.07, 6.45) is 10.4. The van der Waals surface area contributed by atoms with E-state index in [-0.39, 0.29) is 40.3 Å². The topological polar surface area (TPSA) is 77.8 Å². The van der Waals surface area contributed by atoms with Gasteiger partial charge in [0.05, 0.1) is 11.5 Å². The van der Waals surface area contributed by atoms with Gasteiger partial charge in [-0.15, -0.1) is 0 Å². The van der Waals surface area contributed by atoms with Crippen LogP contribution in [-0.4, -0.2) is 34.0 Å². The van der Waals surface area contributed by atoms with E-state index in [4.69, 9.17) is 0 Å². The number of fused-ring (bicyclic) bond motifs is 7. The third-order valence-electron chi connectivity index (χ3n) is 13.3. The van der Waals surface area contributed by atoms with E-state index in [9.17, 15) is 20.1 Å². The number of carboxylic acids is 1. The van der Waals surface area contributed by atoms with Gasteiger partial charge in [0.25, 0.3) is 0 Å². The highest BCUT2D eigenvalue weighted by Gasteiger charge is 2.69. The van der Waals surface area contributed by atoms with Gasteiger partial charge in [0.2, 0.25) is 0 Å². The zero-order chi connectivity index (χ0) is 24.9. The first-order chi connectivity index (χ1) is 15.8. The molecule has 4 fully saturated rings. The Morgan fingerprint density at radius 1 is 1.00 bits per heavy atom. The van der Waals surface area contributed by atoms with Gasteiger partial charge in [-0.3, -0.25) is 4.79 Å². The van der Waals surface area contributed by atoms with Gasteiger partial charge in [0.1, 0.15) is 0 Å². The van der Waals surface area contributed by atoms with E-state index >= 15 is 0 Å². The van der Waals surface area contributed by atoms with Crippen LogP contribution in [0.3, 0.4) is 0 Å². The minimum absolute atomic E-state index is 0.00313. The number of carboxylic acid groups (broad SMARTS) is 1. The molecule has 0 aromatic heterocycles. The highest BCUT2D eigenvalue weighted by molar-refractivity contribution is 5.76. The normalized spacial score (nSPS) is 56.9. The van der Waals surface area contributed by atoms with Crippen molar-refractivity contribution in [2.75, 3.05) is 6.61 Å². The molecule has 2 unspecified atom stereocenters. The average molecular weight is 473 g/mol. The van der Waals surface area contributed by atoms with Gasteiger partial charge in [0, 0.05) is 6.61 Å². The van der Waals surface area contributed by atoms with Crippen molar-refractivity contribution in [3.8, 4) is 0 Å². The van der Waals surface area contributed by atoms with Crippen LogP contribution in [-0.2, 0) is 4.79 Å². The molecule has 0 spiro atoms. The van der Waals surface area contributed by atoms with E-state index in [1.807, 2.05) is 0 Å².